The number of hydrogen-bond acceptors (Lipinski definition) is 2. The van der Waals surface area contributed by atoms with Gasteiger partial charge in [0, 0.05) is 17.6 Å². The van der Waals surface area contributed by atoms with Gasteiger partial charge in [-0.05, 0) is 36.6 Å². The first-order valence-corrected chi connectivity index (χ1v) is 5.59. The molecule has 1 fully saturated rings. The van der Waals surface area contributed by atoms with Crippen LogP contribution in [0.25, 0.3) is 0 Å². The molecule has 0 saturated carbocycles. The van der Waals surface area contributed by atoms with Gasteiger partial charge in [-0.3, -0.25) is 0 Å². The summed E-state index contributed by atoms with van der Waals surface area (Å²) in [5.41, 5.74) is 9.91. The minimum Gasteiger partial charge on any atom is -0.319 e. The second kappa shape index (κ2) is 4.42. The van der Waals surface area contributed by atoms with Gasteiger partial charge in [0.05, 0.1) is 5.54 Å². The van der Waals surface area contributed by atoms with Crippen molar-refractivity contribution in [1.82, 2.24) is 5.32 Å². The van der Waals surface area contributed by atoms with Crippen molar-refractivity contribution in [3.05, 3.63) is 33.3 Å². The maximum atomic E-state index is 6.25. The summed E-state index contributed by atoms with van der Waals surface area (Å²) >= 11 is 3.58. The molecule has 15 heavy (non-hydrogen) atoms. The molecule has 0 spiro atoms. The summed E-state index contributed by atoms with van der Waals surface area (Å²) in [7, 11) is 0. The molecule has 0 atom stereocenters. The van der Waals surface area contributed by atoms with Gasteiger partial charge < -0.3 is 11.1 Å². The van der Waals surface area contributed by atoms with Crippen molar-refractivity contribution in [2.24, 2.45) is 5.73 Å². The Labute approximate surface area is 105 Å². The predicted octanol–water partition coefficient (Wildman–Crippen LogP) is 2.24. The van der Waals surface area contributed by atoms with E-state index in [1.165, 1.54) is 16.7 Å². The van der Waals surface area contributed by atoms with Crippen LogP contribution < -0.4 is 11.1 Å². The van der Waals surface area contributed by atoms with Gasteiger partial charge in [-0.1, -0.05) is 22.0 Å². The third-order valence-electron chi connectivity index (χ3n) is 3.00. The average molecular weight is 292 g/mol. The number of rotatable bonds is 1. The van der Waals surface area contributed by atoms with E-state index in [-0.39, 0.29) is 17.9 Å². The molecular formula is C11H16BrClN2. The van der Waals surface area contributed by atoms with Crippen molar-refractivity contribution in [2.45, 2.75) is 19.4 Å². The van der Waals surface area contributed by atoms with Crippen molar-refractivity contribution in [2.75, 3.05) is 13.1 Å². The molecule has 1 aromatic carbocycles. The van der Waals surface area contributed by atoms with Gasteiger partial charge in [-0.2, -0.15) is 0 Å². The maximum Gasteiger partial charge on any atom is 0.0673 e. The molecule has 4 heteroatoms. The van der Waals surface area contributed by atoms with Crippen LogP contribution in [0.3, 0.4) is 0 Å². The zero-order valence-electron chi connectivity index (χ0n) is 8.93. The second-order valence-corrected chi connectivity index (χ2v) is 5.03. The molecule has 0 unspecified atom stereocenters. The molecule has 2 rings (SSSR count). The summed E-state index contributed by atoms with van der Waals surface area (Å²) < 4.78 is 1.13. The summed E-state index contributed by atoms with van der Waals surface area (Å²) in [5.74, 6) is 0. The Hall–Kier alpha value is -0.0900. The number of halogens is 2. The third kappa shape index (κ3) is 2.21. The standard InChI is InChI=1S/C11H15BrN2.ClH/c1-7-3-9(10(12)4-8(7)2)11(13)5-14-6-11;/h3-4,14H,5-6,13H2,1-2H3;1H. The molecule has 1 aliphatic heterocycles. The fraction of sp³-hybridized carbons (Fsp3) is 0.455. The highest BCUT2D eigenvalue weighted by atomic mass is 79.9. The number of aryl methyl sites for hydroxylation is 2. The number of benzene rings is 1. The number of hydrogen-bond donors (Lipinski definition) is 2. The Morgan fingerprint density at radius 3 is 2.27 bits per heavy atom. The number of nitrogens with one attached hydrogen (secondary N) is 1. The van der Waals surface area contributed by atoms with E-state index in [0.29, 0.717) is 0 Å². The predicted molar refractivity (Wildman–Crippen MR) is 69.6 cm³/mol. The van der Waals surface area contributed by atoms with Crippen LogP contribution in [0.4, 0.5) is 0 Å². The quantitative estimate of drug-likeness (QED) is 0.833. The Kier molecular flexibility index (Phi) is 3.82. The minimum absolute atomic E-state index is 0. The highest BCUT2D eigenvalue weighted by Crippen LogP contribution is 2.31. The Balaban J connectivity index is 0.00000112. The highest BCUT2D eigenvalue weighted by Gasteiger charge is 2.35. The van der Waals surface area contributed by atoms with Gasteiger partial charge in [0.1, 0.15) is 0 Å². The maximum absolute atomic E-state index is 6.25. The molecule has 0 radical (unpaired) electrons. The molecule has 0 aliphatic carbocycles. The smallest absolute Gasteiger partial charge is 0.0673 e. The topological polar surface area (TPSA) is 38.0 Å². The van der Waals surface area contributed by atoms with Gasteiger partial charge >= 0.3 is 0 Å². The van der Waals surface area contributed by atoms with Crippen LogP contribution in [0.15, 0.2) is 16.6 Å². The first-order chi connectivity index (χ1) is 6.53. The summed E-state index contributed by atoms with van der Waals surface area (Å²) in [6, 6.07) is 4.35. The van der Waals surface area contributed by atoms with Gasteiger partial charge in [-0.25, -0.2) is 0 Å². The minimum atomic E-state index is -0.169. The molecule has 1 heterocycles. The lowest BCUT2D eigenvalue weighted by Crippen LogP contribution is -2.62. The molecule has 84 valence electrons. The van der Waals surface area contributed by atoms with Crippen LogP contribution in [0.1, 0.15) is 16.7 Å². The molecular weight excluding hydrogens is 275 g/mol. The van der Waals surface area contributed by atoms with Gasteiger partial charge in [0.25, 0.3) is 0 Å². The molecule has 1 saturated heterocycles. The van der Waals surface area contributed by atoms with Crippen molar-refractivity contribution in [3.8, 4) is 0 Å². The SMILES string of the molecule is Cc1cc(Br)c(C2(N)CNC2)cc1C.Cl. The zero-order chi connectivity index (χ0) is 10.3. The van der Waals surface area contributed by atoms with Crippen molar-refractivity contribution >= 4 is 28.3 Å². The Bertz CT molecular complexity index is 375. The normalized spacial score (nSPS) is 17.9. The summed E-state index contributed by atoms with van der Waals surface area (Å²) in [6.07, 6.45) is 0. The summed E-state index contributed by atoms with van der Waals surface area (Å²) in [5, 5.41) is 3.22. The van der Waals surface area contributed by atoms with Crippen molar-refractivity contribution < 1.29 is 0 Å². The molecule has 3 N–H and O–H groups in total. The van der Waals surface area contributed by atoms with Crippen LogP contribution in [0, 0.1) is 13.8 Å². The van der Waals surface area contributed by atoms with E-state index in [1.807, 2.05) is 0 Å². The van der Waals surface area contributed by atoms with E-state index in [1.54, 1.807) is 0 Å². The van der Waals surface area contributed by atoms with Crippen molar-refractivity contribution in [1.29, 1.82) is 0 Å². The van der Waals surface area contributed by atoms with Crippen molar-refractivity contribution in [3.63, 3.8) is 0 Å². The van der Waals surface area contributed by atoms with Crippen LogP contribution in [0.2, 0.25) is 0 Å². The Morgan fingerprint density at radius 1 is 1.27 bits per heavy atom. The van der Waals surface area contributed by atoms with Crippen LogP contribution in [0.5, 0.6) is 0 Å². The van der Waals surface area contributed by atoms with Gasteiger partial charge in [0.2, 0.25) is 0 Å². The monoisotopic (exact) mass is 290 g/mol. The number of nitrogens with two attached hydrogens (primary N) is 1. The molecule has 1 aliphatic rings. The first kappa shape index (κ1) is 13.0. The van der Waals surface area contributed by atoms with E-state index in [9.17, 15) is 0 Å². The fourth-order valence-corrected chi connectivity index (χ4v) is 2.60. The lowest BCUT2D eigenvalue weighted by atomic mass is 9.84. The van der Waals surface area contributed by atoms with E-state index in [4.69, 9.17) is 5.73 Å². The summed E-state index contributed by atoms with van der Waals surface area (Å²) in [4.78, 5) is 0. The van der Waals surface area contributed by atoms with E-state index in [2.05, 4.69) is 47.2 Å². The van der Waals surface area contributed by atoms with Crippen LogP contribution in [-0.2, 0) is 5.54 Å². The lowest BCUT2D eigenvalue weighted by molar-refractivity contribution is 0.286. The van der Waals surface area contributed by atoms with E-state index < -0.39 is 0 Å². The van der Waals surface area contributed by atoms with E-state index >= 15 is 0 Å². The molecule has 2 nitrogen and oxygen atoms in total. The largest absolute Gasteiger partial charge is 0.319 e. The zero-order valence-corrected chi connectivity index (χ0v) is 11.3. The molecule has 0 bridgehead atoms. The van der Waals surface area contributed by atoms with Crippen LogP contribution in [-0.4, -0.2) is 13.1 Å². The lowest BCUT2D eigenvalue weighted by Gasteiger charge is -2.40. The van der Waals surface area contributed by atoms with E-state index in [0.717, 1.165) is 17.6 Å². The van der Waals surface area contributed by atoms with Crippen LogP contribution >= 0.6 is 28.3 Å². The summed E-state index contributed by atoms with van der Waals surface area (Å²) in [6.45, 7) is 5.98. The molecule has 0 amide bonds. The first-order valence-electron chi connectivity index (χ1n) is 4.80. The Morgan fingerprint density at radius 2 is 1.80 bits per heavy atom. The second-order valence-electron chi connectivity index (χ2n) is 4.18. The average Bonchev–Trinajstić information content (AvgIpc) is 2.07. The third-order valence-corrected chi connectivity index (χ3v) is 3.66. The van der Waals surface area contributed by atoms with Gasteiger partial charge in [0.15, 0.2) is 0 Å². The highest BCUT2D eigenvalue weighted by molar-refractivity contribution is 9.10. The van der Waals surface area contributed by atoms with Gasteiger partial charge in [-0.15, -0.1) is 12.4 Å². The molecule has 0 aromatic heterocycles. The fourth-order valence-electron chi connectivity index (χ4n) is 1.75. The molecule has 1 aromatic rings.